The first-order chi connectivity index (χ1) is 26.5. The van der Waals surface area contributed by atoms with Crippen LogP contribution in [0.4, 0.5) is 0 Å². The van der Waals surface area contributed by atoms with Gasteiger partial charge in [0.15, 0.2) is 6.10 Å². The minimum Gasteiger partial charge on any atom is -0.462 e. The molecule has 0 amide bonds. The van der Waals surface area contributed by atoms with Crippen LogP contribution in [0.2, 0.25) is 0 Å². The highest BCUT2D eigenvalue weighted by Gasteiger charge is 2.19. The highest BCUT2D eigenvalue weighted by Crippen LogP contribution is 2.14. The molecule has 0 aromatic carbocycles. The first-order valence-electron chi connectivity index (χ1n) is 22.3. The van der Waals surface area contributed by atoms with Gasteiger partial charge in [-0.05, 0) is 64.2 Å². The molecule has 0 bridgehead atoms. The zero-order valence-corrected chi connectivity index (χ0v) is 35.2. The average Bonchev–Trinajstić information content (AvgIpc) is 3.17. The number of hydrogen-bond acceptors (Lipinski definition) is 6. The van der Waals surface area contributed by atoms with Crippen LogP contribution in [0.3, 0.4) is 0 Å². The lowest BCUT2D eigenvalue weighted by molar-refractivity contribution is -0.167. The maximum absolute atomic E-state index is 12.7. The molecule has 6 heteroatoms. The molecular weight excluding hydrogens is 673 g/mol. The van der Waals surface area contributed by atoms with E-state index in [0.717, 1.165) is 103 Å². The van der Waals surface area contributed by atoms with Crippen molar-refractivity contribution in [3.63, 3.8) is 0 Å². The van der Waals surface area contributed by atoms with Crippen molar-refractivity contribution in [2.45, 2.75) is 213 Å². The Morgan fingerprint density at radius 3 is 1.31 bits per heavy atom. The molecule has 0 saturated carbocycles. The predicted octanol–water partition coefficient (Wildman–Crippen LogP) is 14.1. The van der Waals surface area contributed by atoms with Crippen molar-refractivity contribution in [1.29, 1.82) is 0 Å². The van der Waals surface area contributed by atoms with Gasteiger partial charge in [0.2, 0.25) is 0 Å². The summed E-state index contributed by atoms with van der Waals surface area (Å²) in [6.45, 7) is 6.34. The standard InChI is InChI=1S/C48H82O6/c1-4-7-10-13-16-19-21-23-25-26-29-32-35-38-41-47(50)53-44-45(43-52-46(49)40-37-34-31-28-18-15-12-9-6-3)54-48(51)42-39-36-33-30-27-24-22-20-17-14-11-8-5-2/h7-8,10-11,14,16-17,19-20,22,45H,4-6,9,12-13,15,18,21,23-44H2,1-3H3/b10-7-,11-8-,17-14-,19-16-,22-20-. The van der Waals surface area contributed by atoms with Crippen LogP contribution in [0, 0.1) is 0 Å². The summed E-state index contributed by atoms with van der Waals surface area (Å²) >= 11 is 0. The van der Waals surface area contributed by atoms with Gasteiger partial charge in [-0.2, -0.15) is 0 Å². The summed E-state index contributed by atoms with van der Waals surface area (Å²) in [5.74, 6) is -0.921. The van der Waals surface area contributed by atoms with Crippen molar-refractivity contribution in [3.05, 3.63) is 60.8 Å². The van der Waals surface area contributed by atoms with E-state index in [1.807, 2.05) is 0 Å². The molecule has 54 heavy (non-hydrogen) atoms. The lowest BCUT2D eigenvalue weighted by Gasteiger charge is -2.18. The Bertz CT molecular complexity index is 1010. The molecular formula is C48H82O6. The van der Waals surface area contributed by atoms with Crippen molar-refractivity contribution >= 4 is 17.9 Å². The molecule has 0 spiro atoms. The molecule has 0 aliphatic carbocycles. The van der Waals surface area contributed by atoms with Crippen LogP contribution in [0.15, 0.2) is 60.8 Å². The maximum Gasteiger partial charge on any atom is 0.306 e. The van der Waals surface area contributed by atoms with Gasteiger partial charge < -0.3 is 14.2 Å². The number of hydrogen-bond donors (Lipinski definition) is 0. The number of allylic oxidation sites excluding steroid dienone is 10. The molecule has 0 aromatic rings. The van der Waals surface area contributed by atoms with E-state index in [1.54, 1.807) is 0 Å². The van der Waals surface area contributed by atoms with E-state index in [4.69, 9.17) is 14.2 Å². The molecule has 0 N–H and O–H groups in total. The monoisotopic (exact) mass is 755 g/mol. The van der Waals surface area contributed by atoms with Gasteiger partial charge >= 0.3 is 17.9 Å². The molecule has 310 valence electrons. The van der Waals surface area contributed by atoms with E-state index < -0.39 is 6.10 Å². The number of carbonyl (C=O) groups is 3. The quantitative estimate of drug-likeness (QED) is 0.0204. The Balaban J connectivity index is 4.40. The molecule has 0 aliphatic heterocycles. The number of esters is 3. The smallest absolute Gasteiger partial charge is 0.306 e. The van der Waals surface area contributed by atoms with Gasteiger partial charge in [-0.25, -0.2) is 0 Å². The third-order valence-corrected chi connectivity index (χ3v) is 9.33. The predicted molar refractivity (Wildman–Crippen MR) is 228 cm³/mol. The van der Waals surface area contributed by atoms with E-state index in [1.165, 1.54) is 64.2 Å². The van der Waals surface area contributed by atoms with Crippen LogP contribution in [-0.2, 0) is 28.6 Å². The van der Waals surface area contributed by atoms with Crippen molar-refractivity contribution in [2.75, 3.05) is 13.2 Å². The summed E-state index contributed by atoms with van der Waals surface area (Å²) < 4.78 is 16.7. The molecule has 0 rings (SSSR count). The molecule has 0 saturated heterocycles. The summed E-state index contributed by atoms with van der Waals surface area (Å²) in [5, 5.41) is 0. The van der Waals surface area contributed by atoms with Crippen molar-refractivity contribution in [1.82, 2.24) is 0 Å². The summed E-state index contributed by atoms with van der Waals surface area (Å²) in [5.41, 5.74) is 0. The lowest BCUT2D eigenvalue weighted by Crippen LogP contribution is -2.30. The molecule has 0 aliphatic rings. The summed E-state index contributed by atoms with van der Waals surface area (Å²) in [6, 6.07) is 0. The molecule has 1 unspecified atom stereocenters. The van der Waals surface area contributed by atoms with Crippen LogP contribution in [0.1, 0.15) is 207 Å². The van der Waals surface area contributed by atoms with Crippen LogP contribution in [-0.4, -0.2) is 37.2 Å². The van der Waals surface area contributed by atoms with Gasteiger partial charge in [-0.3, -0.25) is 14.4 Å². The summed E-state index contributed by atoms with van der Waals surface area (Å²) in [4.78, 5) is 37.7. The maximum atomic E-state index is 12.7. The fourth-order valence-corrected chi connectivity index (χ4v) is 6.01. The van der Waals surface area contributed by atoms with E-state index in [0.29, 0.717) is 19.3 Å². The first-order valence-corrected chi connectivity index (χ1v) is 22.3. The van der Waals surface area contributed by atoms with Gasteiger partial charge in [0, 0.05) is 19.3 Å². The van der Waals surface area contributed by atoms with Crippen molar-refractivity contribution in [2.24, 2.45) is 0 Å². The first kappa shape index (κ1) is 51.1. The molecule has 6 nitrogen and oxygen atoms in total. The van der Waals surface area contributed by atoms with Crippen molar-refractivity contribution < 1.29 is 28.6 Å². The van der Waals surface area contributed by atoms with Crippen LogP contribution in [0.25, 0.3) is 0 Å². The van der Waals surface area contributed by atoms with Gasteiger partial charge in [-0.1, -0.05) is 184 Å². The van der Waals surface area contributed by atoms with Gasteiger partial charge in [0.1, 0.15) is 13.2 Å². The third kappa shape index (κ3) is 40.3. The lowest BCUT2D eigenvalue weighted by atomic mass is 10.1. The van der Waals surface area contributed by atoms with Gasteiger partial charge in [-0.15, -0.1) is 0 Å². The van der Waals surface area contributed by atoms with Crippen LogP contribution in [0.5, 0.6) is 0 Å². The Labute approximate surface area is 332 Å². The number of ether oxygens (including phenoxy) is 3. The largest absolute Gasteiger partial charge is 0.462 e. The fourth-order valence-electron chi connectivity index (χ4n) is 6.01. The number of rotatable bonds is 39. The Hall–Kier alpha value is -2.89. The van der Waals surface area contributed by atoms with Crippen LogP contribution >= 0.6 is 0 Å². The molecule has 1 atom stereocenters. The Morgan fingerprint density at radius 2 is 0.815 bits per heavy atom. The number of carbonyl (C=O) groups excluding carboxylic acids is 3. The Morgan fingerprint density at radius 1 is 0.407 bits per heavy atom. The second kappa shape index (κ2) is 42.8. The topological polar surface area (TPSA) is 78.9 Å². The second-order valence-corrected chi connectivity index (χ2v) is 14.6. The fraction of sp³-hybridized carbons (Fsp3) is 0.729. The molecule has 0 heterocycles. The van der Waals surface area contributed by atoms with E-state index in [9.17, 15) is 14.4 Å². The zero-order valence-electron chi connectivity index (χ0n) is 35.2. The minimum atomic E-state index is -0.783. The van der Waals surface area contributed by atoms with Crippen molar-refractivity contribution in [3.8, 4) is 0 Å². The average molecular weight is 755 g/mol. The molecule has 0 fully saturated rings. The SMILES string of the molecule is CC\C=C/C=C\C=C/CCCCCCCC(=O)OC(COC(=O)CCCCCCCCC/C=C\C/C=C\CC)COC(=O)CCCCCCCCCCC. The zero-order chi connectivity index (χ0) is 39.4. The Kier molecular flexibility index (Phi) is 40.6. The van der Waals surface area contributed by atoms with E-state index >= 15 is 0 Å². The minimum absolute atomic E-state index is 0.0847. The second-order valence-electron chi connectivity index (χ2n) is 14.6. The normalized spacial score (nSPS) is 12.6. The highest BCUT2D eigenvalue weighted by atomic mass is 16.6. The van der Waals surface area contributed by atoms with E-state index in [2.05, 4.69) is 81.5 Å². The summed E-state index contributed by atoms with van der Waals surface area (Å²) in [6.07, 6.45) is 50.6. The van der Waals surface area contributed by atoms with Gasteiger partial charge in [0.25, 0.3) is 0 Å². The third-order valence-electron chi connectivity index (χ3n) is 9.33. The number of unbranched alkanes of at least 4 members (excludes halogenated alkanes) is 20. The molecule has 0 aromatic heterocycles. The van der Waals surface area contributed by atoms with Crippen LogP contribution < -0.4 is 0 Å². The van der Waals surface area contributed by atoms with Gasteiger partial charge in [0.05, 0.1) is 0 Å². The van der Waals surface area contributed by atoms with E-state index in [-0.39, 0.29) is 31.1 Å². The highest BCUT2D eigenvalue weighted by molar-refractivity contribution is 5.71. The summed E-state index contributed by atoms with van der Waals surface area (Å²) in [7, 11) is 0. The molecule has 0 radical (unpaired) electrons.